The van der Waals surface area contributed by atoms with E-state index in [0.29, 0.717) is 0 Å². The van der Waals surface area contributed by atoms with Gasteiger partial charge in [0.05, 0.1) is 12.8 Å². The largest absolute Gasteiger partial charge is 0.497 e. The van der Waals surface area contributed by atoms with Gasteiger partial charge in [0.15, 0.2) is 0 Å². The van der Waals surface area contributed by atoms with Crippen LogP contribution in [0.15, 0.2) is 30.5 Å². The van der Waals surface area contributed by atoms with Gasteiger partial charge in [-0.3, -0.25) is 4.68 Å². The summed E-state index contributed by atoms with van der Waals surface area (Å²) in [5.74, 6) is 0.880. The molecular formula is C15H22N4O. The molecule has 0 aliphatic heterocycles. The molecular weight excluding hydrogens is 252 g/mol. The average molecular weight is 274 g/mol. The second-order valence-corrected chi connectivity index (χ2v) is 4.87. The Balaban J connectivity index is 2.17. The van der Waals surface area contributed by atoms with Crippen molar-refractivity contribution in [1.29, 1.82) is 0 Å². The Labute approximate surface area is 120 Å². The Hall–Kier alpha value is -1.88. The lowest BCUT2D eigenvalue weighted by atomic mass is 10.0. The van der Waals surface area contributed by atoms with Gasteiger partial charge in [-0.1, -0.05) is 24.3 Å². The third-order valence-corrected chi connectivity index (χ3v) is 3.20. The molecule has 0 aliphatic rings. The number of ether oxygens (including phenoxy) is 1. The van der Waals surface area contributed by atoms with Crippen molar-refractivity contribution < 1.29 is 4.74 Å². The van der Waals surface area contributed by atoms with Crippen LogP contribution in [0.25, 0.3) is 0 Å². The van der Waals surface area contributed by atoms with E-state index in [1.54, 1.807) is 11.8 Å². The van der Waals surface area contributed by atoms with Gasteiger partial charge in [-0.05, 0) is 30.7 Å². The van der Waals surface area contributed by atoms with E-state index in [4.69, 9.17) is 4.74 Å². The molecule has 1 N–H and O–H groups in total. The van der Waals surface area contributed by atoms with Crippen molar-refractivity contribution in [3.8, 4) is 5.75 Å². The van der Waals surface area contributed by atoms with Crippen molar-refractivity contribution >= 4 is 0 Å². The van der Waals surface area contributed by atoms with Gasteiger partial charge in [-0.25, -0.2) is 0 Å². The van der Waals surface area contributed by atoms with Crippen molar-refractivity contribution in [2.75, 3.05) is 13.7 Å². The van der Waals surface area contributed by atoms with Crippen molar-refractivity contribution in [2.45, 2.75) is 25.8 Å². The molecule has 0 spiro atoms. The fraction of sp³-hybridized carbons (Fsp3) is 0.467. The number of aryl methyl sites for hydroxylation is 1. The summed E-state index contributed by atoms with van der Waals surface area (Å²) in [5.41, 5.74) is 2.20. The molecule has 2 rings (SSSR count). The second-order valence-electron chi connectivity index (χ2n) is 4.87. The molecule has 0 saturated carbocycles. The number of aromatic nitrogens is 3. The third kappa shape index (κ3) is 3.81. The molecule has 1 atom stereocenters. The molecule has 108 valence electrons. The molecule has 0 amide bonds. The summed E-state index contributed by atoms with van der Waals surface area (Å²) >= 11 is 0. The second kappa shape index (κ2) is 7.05. The Bertz CT molecular complexity index is 538. The van der Waals surface area contributed by atoms with Gasteiger partial charge >= 0.3 is 0 Å². The Morgan fingerprint density at radius 3 is 2.90 bits per heavy atom. The summed E-state index contributed by atoms with van der Waals surface area (Å²) in [7, 11) is 3.58. The predicted molar refractivity (Wildman–Crippen MR) is 78.7 cm³/mol. The van der Waals surface area contributed by atoms with Gasteiger partial charge in [0, 0.05) is 25.7 Å². The smallest absolute Gasteiger partial charge is 0.119 e. The molecule has 0 bridgehead atoms. The van der Waals surface area contributed by atoms with E-state index in [1.807, 2.05) is 25.4 Å². The number of nitrogens with one attached hydrogen (secondary N) is 1. The molecule has 0 radical (unpaired) electrons. The maximum Gasteiger partial charge on any atom is 0.119 e. The summed E-state index contributed by atoms with van der Waals surface area (Å²) in [5, 5.41) is 11.7. The maximum atomic E-state index is 5.30. The highest BCUT2D eigenvalue weighted by Gasteiger charge is 2.14. The normalized spacial score (nSPS) is 12.3. The van der Waals surface area contributed by atoms with Crippen LogP contribution in [0, 0.1) is 0 Å². The average Bonchev–Trinajstić information content (AvgIpc) is 2.88. The number of hydrogen-bond acceptors (Lipinski definition) is 4. The number of rotatable bonds is 7. The number of hydrogen-bond donors (Lipinski definition) is 1. The van der Waals surface area contributed by atoms with Crippen LogP contribution in [0.3, 0.4) is 0 Å². The highest BCUT2D eigenvalue weighted by atomic mass is 16.5. The summed E-state index contributed by atoms with van der Waals surface area (Å²) in [4.78, 5) is 0. The summed E-state index contributed by atoms with van der Waals surface area (Å²) in [6.45, 7) is 3.14. The SMILES string of the molecule is CCCNC(Cc1cn(C)nn1)c1cccc(OC)c1. The lowest BCUT2D eigenvalue weighted by Crippen LogP contribution is -2.24. The molecule has 0 aliphatic carbocycles. The zero-order valence-corrected chi connectivity index (χ0v) is 12.3. The van der Waals surface area contributed by atoms with E-state index in [-0.39, 0.29) is 6.04 Å². The number of benzene rings is 1. The highest BCUT2D eigenvalue weighted by Crippen LogP contribution is 2.21. The summed E-state index contributed by atoms with van der Waals surface area (Å²) in [6.07, 6.45) is 3.88. The lowest BCUT2D eigenvalue weighted by Gasteiger charge is -2.18. The number of nitrogens with zero attached hydrogens (tertiary/aromatic N) is 3. The van der Waals surface area contributed by atoms with Gasteiger partial charge in [0.1, 0.15) is 5.75 Å². The standard InChI is InChI=1S/C15H22N4O/c1-4-8-16-15(10-13-11-19(2)18-17-13)12-6-5-7-14(9-12)20-3/h5-7,9,11,15-16H,4,8,10H2,1-3H3. The molecule has 0 saturated heterocycles. The topological polar surface area (TPSA) is 52.0 Å². The van der Waals surface area contributed by atoms with E-state index < -0.39 is 0 Å². The van der Waals surface area contributed by atoms with E-state index in [1.165, 1.54) is 5.56 Å². The van der Waals surface area contributed by atoms with Gasteiger partial charge in [0.2, 0.25) is 0 Å². The first-order valence-corrected chi connectivity index (χ1v) is 6.95. The molecule has 1 aromatic heterocycles. The Kier molecular flexibility index (Phi) is 5.12. The van der Waals surface area contributed by atoms with E-state index in [2.05, 4.69) is 34.7 Å². The number of methoxy groups -OCH3 is 1. The van der Waals surface area contributed by atoms with Gasteiger partial charge in [0.25, 0.3) is 0 Å². The molecule has 5 nitrogen and oxygen atoms in total. The first kappa shape index (κ1) is 14.5. The van der Waals surface area contributed by atoms with Gasteiger partial charge in [-0.2, -0.15) is 0 Å². The zero-order chi connectivity index (χ0) is 14.4. The molecule has 20 heavy (non-hydrogen) atoms. The van der Waals surface area contributed by atoms with Crippen LogP contribution in [0.4, 0.5) is 0 Å². The van der Waals surface area contributed by atoms with Crippen LogP contribution < -0.4 is 10.1 Å². The monoisotopic (exact) mass is 274 g/mol. The fourth-order valence-electron chi connectivity index (χ4n) is 2.18. The Morgan fingerprint density at radius 2 is 2.25 bits per heavy atom. The molecule has 1 aromatic carbocycles. The third-order valence-electron chi connectivity index (χ3n) is 3.20. The van der Waals surface area contributed by atoms with Crippen molar-refractivity contribution in [2.24, 2.45) is 7.05 Å². The minimum absolute atomic E-state index is 0.224. The molecule has 5 heteroatoms. The van der Waals surface area contributed by atoms with Gasteiger partial charge < -0.3 is 10.1 Å². The van der Waals surface area contributed by atoms with Crippen molar-refractivity contribution in [3.63, 3.8) is 0 Å². The summed E-state index contributed by atoms with van der Waals surface area (Å²) in [6, 6.07) is 8.39. The minimum Gasteiger partial charge on any atom is -0.497 e. The van der Waals surface area contributed by atoms with Crippen LogP contribution >= 0.6 is 0 Å². The zero-order valence-electron chi connectivity index (χ0n) is 12.3. The van der Waals surface area contributed by atoms with Gasteiger partial charge in [-0.15, -0.1) is 5.10 Å². The maximum absolute atomic E-state index is 5.30. The van der Waals surface area contributed by atoms with Crippen LogP contribution in [-0.4, -0.2) is 28.6 Å². The van der Waals surface area contributed by atoms with E-state index in [0.717, 1.165) is 30.8 Å². The first-order chi connectivity index (χ1) is 9.72. The predicted octanol–water partition coefficient (Wildman–Crippen LogP) is 2.11. The van der Waals surface area contributed by atoms with Crippen LogP contribution in [0.2, 0.25) is 0 Å². The molecule has 2 aromatic rings. The minimum atomic E-state index is 0.224. The van der Waals surface area contributed by atoms with Crippen molar-refractivity contribution in [1.82, 2.24) is 20.3 Å². The first-order valence-electron chi connectivity index (χ1n) is 6.95. The highest BCUT2D eigenvalue weighted by molar-refractivity contribution is 5.31. The fourth-order valence-corrected chi connectivity index (χ4v) is 2.18. The van der Waals surface area contributed by atoms with Crippen LogP contribution in [0.1, 0.15) is 30.6 Å². The van der Waals surface area contributed by atoms with E-state index >= 15 is 0 Å². The van der Waals surface area contributed by atoms with Crippen molar-refractivity contribution in [3.05, 3.63) is 41.7 Å². The molecule has 1 heterocycles. The van der Waals surface area contributed by atoms with Crippen LogP contribution in [-0.2, 0) is 13.5 Å². The quantitative estimate of drug-likeness (QED) is 0.840. The summed E-state index contributed by atoms with van der Waals surface area (Å²) < 4.78 is 7.04. The molecule has 1 unspecified atom stereocenters. The van der Waals surface area contributed by atoms with Crippen LogP contribution in [0.5, 0.6) is 5.75 Å². The Morgan fingerprint density at radius 1 is 1.40 bits per heavy atom. The molecule has 0 fully saturated rings. The van der Waals surface area contributed by atoms with E-state index in [9.17, 15) is 0 Å². The lowest BCUT2D eigenvalue weighted by molar-refractivity contribution is 0.412.